The minimum atomic E-state index is -0.855. The Morgan fingerprint density at radius 1 is 1.36 bits per heavy atom. The van der Waals surface area contributed by atoms with Crippen molar-refractivity contribution in [1.82, 2.24) is 20.8 Å². The summed E-state index contributed by atoms with van der Waals surface area (Å²) in [5, 5.41) is 22.6. The Morgan fingerprint density at radius 3 is 2.86 bits per heavy atom. The van der Waals surface area contributed by atoms with Gasteiger partial charge in [-0.25, -0.2) is 4.39 Å². The lowest BCUT2D eigenvalue weighted by Gasteiger charge is -2.33. The number of aromatic amines is 1. The molecule has 0 saturated heterocycles. The summed E-state index contributed by atoms with van der Waals surface area (Å²) in [5.74, 6) is -1.30. The molecule has 8 nitrogen and oxygen atoms in total. The molecule has 9 heteroatoms. The molecular weight excluding hydrogens is 367 g/mol. The smallest absolute Gasteiger partial charge is 0.255 e. The van der Waals surface area contributed by atoms with Crippen molar-refractivity contribution in [1.29, 1.82) is 0 Å². The molecule has 28 heavy (non-hydrogen) atoms. The van der Waals surface area contributed by atoms with Gasteiger partial charge in [-0.15, -0.1) is 0 Å². The summed E-state index contributed by atoms with van der Waals surface area (Å²) in [6, 6.07) is 4.93. The number of H-pyrrole nitrogens is 1. The van der Waals surface area contributed by atoms with Crippen LogP contribution in [-0.2, 0) is 11.3 Å². The van der Waals surface area contributed by atoms with E-state index in [1.54, 1.807) is 12.3 Å². The minimum Gasteiger partial charge on any atom is -0.496 e. The maximum absolute atomic E-state index is 13.3. The van der Waals surface area contributed by atoms with Crippen LogP contribution in [0.2, 0.25) is 0 Å². The number of amides is 2. The largest absolute Gasteiger partial charge is 0.496 e. The first-order chi connectivity index (χ1) is 13.5. The van der Waals surface area contributed by atoms with Crippen LogP contribution in [0.5, 0.6) is 5.75 Å². The van der Waals surface area contributed by atoms with Gasteiger partial charge in [0.2, 0.25) is 5.91 Å². The average Bonchev–Trinajstić information content (AvgIpc) is 3.21. The maximum atomic E-state index is 13.3. The number of carbonyl (C=O) groups is 2. The van der Waals surface area contributed by atoms with Gasteiger partial charge in [-0.3, -0.25) is 14.7 Å². The molecule has 3 rings (SSSR count). The van der Waals surface area contributed by atoms with Gasteiger partial charge < -0.3 is 20.5 Å². The second-order valence-electron chi connectivity index (χ2n) is 6.80. The number of aliphatic hydroxyl groups is 1. The lowest BCUT2D eigenvalue weighted by atomic mass is 9.83. The van der Waals surface area contributed by atoms with E-state index in [9.17, 15) is 19.1 Å². The molecule has 4 N–H and O–H groups in total. The predicted molar refractivity (Wildman–Crippen MR) is 98.0 cm³/mol. The van der Waals surface area contributed by atoms with Gasteiger partial charge in [-0.2, -0.15) is 5.10 Å². The first kappa shape index (κ1) is 19.8. The van der Waals surface area contributed by atoms with Crippen LogP contribution in [0.4, 0.5) is 4.39 Å². The summed E-state index contributed by atoms with van der Waals surface area (Å²) in [5.41, 5.74) is 0.985. The minimum absolute atomic E-state index is 0.124. The second kappa shape index (κ2) is 8.83. The van der Waals surface area contributed by atoms with Crippen molar-refractivity contribution in [2.24, 2.45) is 5.92 Å². The topological polar surface area (TPSA) is 116 Å². The zero-order valence-corrected chi connectivity index (χ0v) is 15.4. The molecule has 1 aromatic heterocycles. The third-order valence-corrected chi connectivity index (χ3v) is 4.92. The van der Waals surface area contributed by atoms with Crippen molar-refractivity contribution < 1.29 is 23.8 Å². The van der Waals surface area contributed by atoms with Gasteiger partial charge in [0.15, 0.2) is 0 Å². The zero-order chi connectivity index (χ0) is 20.1. The fourth-order valence-corrected chi connectivity index (χ4v) is 3.36. The van der Waals surface area contributed by atoms with E-state index in [4.69, 9.17) is 4.74 Å². The van der Waals surface area contributed by atoms with Gasteiger partial charge >= 0.3 is 0 Å². The SMILES string of the molecule is COc1cc(F)ccc1C(=O)N[C@@H]1CC[C@H](C(=O)NCc2ccn[nH]2)C[C@H]1O. The molecule has 0 radical (unpaired) electrons. The van der Waals surface area contributed by atoms with Crippen molar-refractivity contribution >= 4 is 11.8 Å². The van der Waals surface area contributed by atoms with E-state index in [1.165, 1.54) is 19.2 Å². The number of halogens is 1. The Hall–Kier alpha value is -2.94. The summed E-state index contributed by atoms with van der Waals surface area (Å²) in [6.45, 7) is 0.343. The van der Waals surface area contributed by atoms with E-state index in [-0.39, 0.29) is 29.6 Å². The van der Waals surface area contributed by atoms with Crippen molar-refractivity contribution in [2.45, 2.75) is 38.0 Å². The Kier molecular flexibility index (Phi) is 6.25. The van der Waals surface area contributed by atoms with E-state index in [1.807, 2.05) is 0 Å². The monoisotopic (exact) mass is 390 g/mol. The van der Waals surface area contributed by atoms with Crippen LogP contribution < -0.4 is 15.4 Å². The fraction of sp³-hybridized carbons (Fsp3) is 0.421. The predicted octanol–water partition coefficient (Wildman–Crippen LogP) is 1.13. The van der Waals surface area contributed by atoms with E-state index < -0.39 is 23.9 Å². The number of ether oxygens (including phenoxy) is 1. The van der Waals surface area contributed by atoms with E-state index in [2.05, 4.69) is 20.8 Å². The van der Waals surface area contributed by atoms with Gasteiger partial charge in [-0.05, 0) is 37.5 Å². The second-order valence-corrected chi connectivity index (χ2v) is 6.80. The van der Waals surface area contributed by atoms with Crippen molar-refractivity contribution in [2.75, 3.05) is 7.11 Å². The number of benzene rings is 1. The lowest BCUT2D eigenvalue weighted by molar-refractivity contribution is -0.127. The Morgan fingerprint density at radius 2 is 2.18 bits per heavy atom. The third kappa shape index (κ3) is 4.66. The van der Waals surface area contributed by atoms with Crippen molar-refractivity contribution in [3.63, 3.8) is 0 Å². The number of methoxy groups -OCH3 is 1. The first-order valence-electron chi connectivity index (χ1n) is 9.06. The zero-order valence-electron chi connectivity index (χ0n) is 15.4. The van der Waals surface area contributed by atoms with E-state index in [0.717, 1.165) is 11.8 Å². The molecule has 1 heterocycles. The third-order valence-electron chi connectivity index (χ3n) is 4.92. The Labute approximate surface area is 161 Å². The standard InChI is InChI=1S/C19H23FN4O4/c1-28-17-9-12(20)3-4-14(17)19(27)23-15-5-2-11(8-16(15)25)18(26)21-10-13-6-7-22-24-13/h3-4,6-7,9,11,15-16,25H,2,5,8,10H2,1H3,(H,21,26)(H,22,24)(H,23,27)/t11-,15+,16+/m0/s1. The number of nitrogens with one attached hydrogen (secondary N) is 3. The van der Waals surface area contributed by atoms with Gasteiger partial charge in [-0.1, -0.05) is 0 Å². The summed E-state index contributed by atoms with van der Waals surface area (Å²) in [6.07, 6.45) is 2.00. The number of nitrogens with zero attached hydrogens (tertiary/aromatic N) is 1. The molecule has 1 saturated carbocycles. The molecule has 2 amide bonds. The van der Waals surface area contributed by atoms with Crippen LogP contribution in [0, 0.1) is 11.7 Å². The van der Waals surface area contributed by atoms with Crippen LogP contribution in [-0.4, -0.2) is 46.4 Å². The number of aliphatic hydroxyl groups excluding tert-OH is 1. The van der Waals surface area contributed by atoms with Crippen molar-refractivity contribution in [3.8, 4) is 5.75 Å². The highest BCUT2D eigenvalue weighted by Gasteiger charge is 2.34. The molecule has 150 valence electrons. The van der Waals surface area contributed by atoms with Gasteiger partial charge in [0.1, 0.15) is 11.6 Å². The molecule has 0 aliphatic heterocycles. The molecule has 0 unspecified atom stereocenters. The van der Waals surface area contributed by atoms with Crippen molar-refractivity contribution in [3.05, 3.63) is 47.5 Å². The van der Waals surface area contributed by atoms with Gasteiger partial charge in [0.25, 0.3) is 5.91 Å². The number of hydrogen-bond acceptors (Lipinski definition) is 5. The van der Waals surface area contributed by atoms with Crippen LogP contribution in [0.3, 0.4) is 0 Å². The van der Waals surface area contributed by atoms with E-state index in [0.29, 0.717) is 19.4 Å². The fourth-order valence-electron chi connectivity index (χ4n) is 3.36. The molecular formula is C19H23FN4O4. The van der Waals surface area contributed by atoms with Crippen LogP contribution in [0.25, 0.3) is 0 Å². The van der Waals surface area contributed by atoms with Crippen LogP contribution in [0.15, 0.2) is 30.5 Å². The molecule has 2 aromatic rings. The molecule has 1 fully saturated rings. The van der Waals surface area contributed by atoms with Crippen LogP contribution >= 0.6 is 0 Å². The molecule has 1 aromatic carbocycles. The highest BCUT2D eigenvalue weighted by molar-refractivity contribution is 5.97. The average molecular weight is 390 g/mol. The van der Waals surface area contributed by atoms with Crippen LogP contribution in [0.1, 0.15) is 35.3 Å². The summed E-state index contributed by atoms with van der Waals surface area (Å²) in [7, 11) is 1.35. The maximum Gasteiger partial charge on any atom is 0.255 e. The normalized spacial score (nSPS) is 21.8. The molecule has 0 bridgehead atoms. The molecule has 3 atom stereocenters. The van der Waals surface area contributed by atoms with Gasteiger partial charge in [0.05, 0.1) is 37.1 Å². The quantitative estimate of drug-likeness (QED) is 0.590. The molecule has 1 aliphatic carbocycles. The highest BCUT2D eigenvalue weighted by Crippen LogP contribution is 2.26. The Balaban J connectivity index is 1.54. The molecule has 1 aliphatic rings. The Bertz CT molecular complexity index is 827. The number of aromatic nitrogens is 2. The van der Waals surface area contributed by atoms with E-state index >= 15 is 0 Å². The summed E-state index contributed by atoms with van der Waals surface area (Å²) >= 11 is 0. The highest BCUT2D eigenvalue weighted by atomic mass is 19.1. The number of hydrogen-bond donors (Lipinski definition) is 4. The summed E-state index contributed by atoms with van der Waals surface area (Å²) in [4.78, 5) is 24.8. The van der Waals surface area contributed by atoms with Gasteiger partial charge in [0, 0.05) is 18.2 Å². The number of carbonyl (C=O) groups excluding carboxylic acids is 2. The lowest BCUT2D eigenvalue weighted by Crippen LogP contribution is -2.49. The number of rotatable bonds is 6. The summed E-state index contributed by atoms with van der Waals surface area (Å²) < 4.78 is 18.3. The molecule has 0 spiro atoms. The first-order valence-corrected chi connectivity index (χ1v) is 9.06.